The van der Waals surface area contributed by atoms with Gasteiger partial charge in [-0.2, -0.15) is 5.26 Å². The van der Waals surface area contributed by atoms with Crippen molar-refractivity contribution in [3.8, 4) is 6.07 Å². The molecule has 0 aliphatic carbocycles. The lowest BCUT2D eigenvalue weighted by molar-refractivity contribution is 0.559. The Morgan fingerprint density at radius 2 is 2.11 bits per heavy atom. The molecular formula is C11H14N4O2S. The van der Waals surface area contributed by atoms with Gasteiger partial charge >= 0.3 is 0 Å². The Balaban J connectivity index is 2.10. The molecule has 0 unspecified atom stereocenters. The van der Waals surface area contributed by atoms with E-state index in [9.17, 15) is 8.42 Å². The molecule has 2 rings (SSSR count). The second-order valence-electron chi connectivity index (χ2n) is 4.30. The molecule has 3 N–H and O–H groups in total. The summed E-state index contributed by atoms with van der Waals surface area (Å²) in [5.41, 5.74) is 6.48. The van der Waals surface area contributed by atoms with Crippen LogP contribution in [0.25, 0.3) is 0 Å². The minimum atomic E-state index is -2.87. The van der Waals surface area contributed by atoms with E-state index in [0.717, 1.165) is 0 Å². The molecule has 0 saturated carbocycles. The van der Waals surface area contributed by atoms with E-state index in [1.54, 1.807) is 6.07 Å². The van der Waals surface area contributed by atoms with Gasteiger partial charge in [-0.3, -0.25) is 0 Å². The van der Waals surface area contributed by atoms with E-state index in [1.165, 1.54) is 6.20 Å². The van der Waals surface area contributed by atoms with Crippen molar-refractivity contribution in [2.24, 2.45) is 0 Å². The molecule has 2 heterocycles. The van der Waals surface area contributed by atoms with Crippen LogP contribution in [-0.2, 0) is 9.84 Å². The third-order valence-corrected chi connectivity index (χ3v) is 4.72. The molecular weight excluding hydrogens is 252 g/mol. The van der Waals surface area contributed by atoms with Crippen molar-refractivity contribution in [3.63, 3.8) is 0 Å². The zero-order valence-electron chi connectivity index (χ0n) is 9.76. The topological polar surface area (TPSA) is 109 Å². The van der Waals surface area contributed by atoms with Crippen LogP contribution >= 0.6 is 0 Å². The maximum atomic E-state index is 11.3. The number of rotatable bonds is 2. The summed E-state index contributed by atoms with van der Waals surface area (Å²) in [5.74, 6) is 0.823. The molecule has 0 amide bonds. The molecule has 1 saturated heterocycles. The van der Waals surface area contributed by atoms with Gasteiger partial charge in [0.25, 0.3) is 0 Å². The number of nitrogens with two attached hydrogens (primary N) is 1. The summed E-state index contributed by atoms with van der Waals surface area (Å²) in [5, 5.41) is 12.0. The fourth-order valence-electron chi connectivity index (χ4n) is 1.91. The molecule has 6 nitrogen and oxygen atoms in total. The summed E-state index contributed by atoms with van der Waals surface area (Å²) in [4.78, 5) is 4.08. The summed E-state index contributed by atoms with van der Waals surface area (Å²) in [7, 11) is -2.87. The molecule has 0 radical (unpaired) electrons. The molecule has 1 aromatic rings. The number of aromatic nitrogens is 1. The van der Waals surface area contributed by atoms with Crippen molar-refractivity contribution >= 4 is 21.3 Å². The molecule has 0 spiro atoms. The number of sulfone groups is 1. The highest BCUT2D eigenvalue weighted by molar-refractivity contribution is 7.91. The van der Waals surface area contributed by atoms with E-state index in [2.05, 4.69) is 10.3 Å². The molecule has 18 heavy (non-hydrogen) atoms. The third kappa shape index (κ3) is 2.71. The number of nitrogens with zero attached hydrogens (tertiary/aromatic N) is 2. The van der Waals surface area contributed by atoms with Crippen molar-refractivity contribution < 1.29 is 8.42 Å². The van der Waals surface area contributed by atoms with Crippen molar-refractivity contribution in [3.05, 3.63) is 17.8 Å². The Labute approximate surface area is 106 Å². The van der Waals surface area contributed by atoms with E-state index >= 15 is 0 Å². The lowest BCUT2D eigenvalue weighted by Crippen LogP contribution is -2.32. The van der Waals surface area contributed by atoms with Gasteiger partial charge in [-0.15, -0.1) is 0 Å². The minimum Gasteiger partial charge on any atom is -0.395 e. The van der Waals surface area contributed by atoms with Crippen LogP contribution in [-0.4, -0.2) is 30.9 Å². The quantitative estimate of drug-likeness (QED) is 0.808. The average molecular weight is 266 g/mol. The van der Waals surface area contributed by atoms with E-state index in [0.29, 0.717) is 29.9 Å². The maximum absolute atomic E-state index is 11.3. The number of hydrogen-bond acceptors (Lipinski definition) is 6. The summed E-state index contributed by atoms with van der Waals surface area (Å²) in [6, 6.07) is 3.57. The highest BCUT2D eigenvalue weighted by atomic mass is 32.2. The van der Waals surface area contributed by atoms with Gasteiger partial charge in [0.1, 0.15) is 15.9 Å². The predicted molar refractivity (Wildman–Crippen MR) is 68.7 cm³/mol. The Morgan fingerprint density at radius 3 is 2.72 bits per heavy atom. The van der Waals surface area contributed by atoms with Crippen LogP contribution in [0.4, 0.5) is 11.5 Å². The average Bonchev–Trinajstić information content (AvgIpc) is 2.34. The Bertz CT molecular complexity index is 578. The van der Waals surface area contributed by atoms with E-state index in [1.807, 2.05) is 6.07 Å². The van der Waals surface area contributed by atoms with Crippen LogP contribution in [0.3, 0.4) is 0 Å². The molecule has 1 fully saturated rings. The van der Waals surface area contributed by atoms with Gasteiger partial charge in [-0.25, -0.2) is 13.4 Å². The second-order valence-corrected chi connectivity index (χ2v) is 6.61. The standard InChI is InChI=1S/C11H14N4O2S/c12-7-8-1-4-14-11(10(8)13)15-9-2-5-18(16,17)6-3-9/h1,4,9H,2-3,5-6,13H2,(H,14,15). The fraction of sp³-hybridized carbons (Fsp3) is 0.455. The van der Waals surface area contributed by atoms with Gasteiger partial charge in [-0.05, 0) is 18.9 Å². The molecule has 1 aromatic heterocycles. The number of pyridine rings is 1. The van der Waals surface area contributed by atoms with Crippen LogP contribution in [0.2, 0.25) is 0 Å². The molecule has 1 aliphatic heterocycles. The van der Waals surface area contributed by atoms with Gasteiger partial charge in [-0.1, -0.05) is 0 Å². The van der Waals surface area contributed by atoms with Crippen molar-refractivity contribution in [2.45, 2.75) is 18.9 Å². The zero-order chi connectivity index (χ0) is 13.2. The molecule has 0 atom stereocenters. The first-order valence-corrected chi connectivity index (χ1v) is 7.45. The zero-order valence-corrected chi connectivity index (χ0v) is 10.6. The largest absolute Gasteiger partial charge is 0.395 e. The summed E-state index contributed by atoms with van der Waals surface area (Å²) in [6.45, 7) is 0. The number of nitrogen functional groups attached to an aromatic ring is 1. The number of hydrogen-bond donors (Lipinski definition) is 2. The smallest absolute Gasteiger partial charge is 0.150 e. The summed E-state index contributed by atoms with van der Waals surface area (Å²) < 4.78 is 22.6. The molecule has 7 heteroatoms. The first-order chi connectivity index (χ1) is 8.52. The highest BCUT2D eigenvalue weighted by Gasteiger charge is 2.24. The van der Waals surface area contributed by atoms with E-state index in [-0.39, 0.29) is 17.5 Å². The van der Waals surface area contributed by atoms with Gasteiger partial charge < -0.3 is 11.1 Å². The number of anilines is 2. The predicted octanol–water partition coefficient (Wildman–Crippen LogP) is 0.525. The number of nitriles is 1. The Hall–Kier alpha value is -1.81. The van der Waals surface area contributed by atoms with Crippen LogP contribution in [0.15, 0.2) is 12.3 Å². The lowest BCUT2D eigenvalue weighted by Gasteiger charge is -2.24. The highest BCUT2D eigenvalue weighted by Crippen LogP contribution is 2.23. The van der Waals surface area contributed by atoms with Crippen LogP contribution < -0.4 is 11.1 Å². The first-order valence-electron chi connectivity index (χ1n) is 5.63. The van der Waals surface area contributed by atoms with Crippen molar-refractivity contribution in [2.75, 3.05) is 22.6 Å². The lowest BCUT2D eigenvalue weighted by atomic mass is 10.1. The summed E-state index contributed by atoms with van der Waals surface area (Å²) in [6.07, 6.45) is 2.59. The number of nitrogens with one attached hydrogen (secondary N) is 1. The fourth-order valence-corrected chi connectivity index (χ4v) is 3.40. The van der Waals surface area contributed by atoms with Gasteiger partial charge in [0, 0.05) is 12.2 Å². The second kappa shape index (κ2) is 4.82. The Kier molecular flexibility index (Phi) is 3.39. The van der Waals surface area contributed by atoms with E-state index < -0.39 is 9.84 Å². The molecule has 0 aromatic carbocycles. The van der Waals surface area contributed by atoms with Crippen LogP contribution in [0.5, 0.6) is 0 Å². The molecule has 0 bridgehead atoms. The molecule has 1 aliphatic rings. The van der Waals surface area contributed by atoms with Gasteiger partial charge in [0.15, 0.2) is 5.82 Å². The SMILES string of the molecule is N#Cc1ccnc(NC2CCS(=O)(=O)CC2)c1N. The Morgan fingerprint density at radius 1 is 1.44 bits per heavy atom. The first kappa shape index (κ1) is 12.6. The van der Waals surface area contributed by atoms with Crippen molar-refractivity contribution in [1.82, 2.24) is 4.98 Å². The normalized spacial score (nSPS) is 19.1. The van der Waals surface area contributed by atoms with Gasteiger partial charge in [0.2, 0.25) is 0 Å². The monoisotopic (exact) mass is 266 g/mol. The van der Waals surface area contributed by atoms with Crippen LogP contribution in [0.1, 0.15) is 18.4 Å². The van der Waals surface area contributed by atoms with Crippen molar-refractivity contribution in [1.29, 1.82) is 5.26 Å². The minimum absolute atomic E-state index is 0.0391. The third-order valence-electron chi connectivity index (χ3n) is 3.01. The maximum Gasteiger partial charge on any atom is 0.150 e. The van der Waals surface area contributed by atoms with Gasteiger partial charge in [0.05, 0.1) is 22.8 Å². The van der Waals surface area contributed by atoms with Crippen LogP contribution in [0, 0.1) is 11.3 Å². The summed E-state index contributed by atoms with van der Waals surface area (Å²) >= 11 is 0. The molecule has 96 valence electrons. The van der Waals surface area contributed by atoms with E-state index in [4.69, 9.17) is 11.0 Å².